The van der Waals surface area contributed by atoms with Crippen molar-refractivity contribution < 1.29 is 0 Å². The maximum absolute atomic E-state index is 4.17. The second-order valence-electron chi connectivity index (χ2n) is 7.80. The van der Waals surface area contributed by atoms with Crippen molar-refractivity contribution in [3.8, 4) is 0 Å². The molecule has 1 aromatic carbocycles. The van der Waals surface area contributed by atoms with Crippen molar-refractivity contribution in [2.75, 3.05) is 14.1 Å². The molecule has 1 unspecified atom stereocenters. The number of hydrogen-bond acceptors (Lipinski definition) is 1. The van der Waals surface area contributed by atoms with Crippen molar-refractivity contribution >= 4 is 0 Å². The summed E-state index contributed by atoms with van der Waals surface area (Å²) in [6.45, 7) is 6.46. The molecule has 0 amide bonds. The lowest BCUT2D eigenvalue weighted by Gasteiger charge is -2.38. The van der Waals surface area contributed by atoms with Crippen LogP contribution in [-0.4, -0.2) is 24.5 Å². The van der Waals surface area contributed by atoms with Gasteiger partial charge in [0.2, 0.25) is 0 Å². The number of nitrogens with zero attached hydrogens (tertiary/aromatic N) is 1. The molecule has 0 aliphatic rings. The summed E-state index contributed by atoms with van der Waals surface area (Å²) in [7, 11) is 4.39. The highest BCUT2D eigenvalue weighted by Gasteiger charge is 2.28. The largest absolute Gasteiger partial charge is 0.300 e. The van der Waals surface area contributed by atoms with E-state index in [0.717, 1.165) is 6.42 Å². The van der Waals surface area contributed by atoms with E-state index in [4.69, 9.17) is 0 Å². The predicted molar refractivity (Wildman–Crippen MR) is 113 cm³/mol. The van der Waals surface area contributed by atoms with E-state index in [-0.39, 0.29) is 5.54 Å². The van der Waals surface area contributed by atoms with Crippen LogP contribution in [0, 0.1) is 0 Å². The van der Waals surface area contributed by atoms with Crippen LogP contribution in [-0.2, 0) is 6.42 Å². The molecule has 0 aliphatic heterocycles. The van der Waals surface area contributed by atoms with Gasteiger partial charge in [0.25, 0.3) is 0 Å². The van der Waals surface area contributed by atoms with E-state index in [9.17, 15) is 0 Å². The van der Waals surface area contributed by atoms with Gasteiger partial charge in [-0.3, -0.25) is 4.90 Å². The van der Waals surface area contributed by atoms with E-state index >= 15 is 0 Å². The van der Waals surface area contributed by atoms with Crippen LogP contribution in [0.4, 0.5) is 0 Å². The summed E-state index contributed by atoms with van der Waals surface area (Å²) in [6.07, 6.45) is 18.4. The maximum Gasteiger partial charge on any atom is 0.0422 e. The minimum Gasteiger partial charge on any atom is -0.300 e. The second kappa shape index (κ2) is 13.2. The molecule has 1 nitrogen and oxygen atoms in total. The molecule has 0 bridgehead atoms. The monoisotopic (exact) mass is 343 g/mol. The number of rotatable bonds is 15. The first kappa shape index (κ1) is 22.0. The normalized spacial score (nSPS) is 13.8. The van der Waals surface area contributed by atoms with Crippen molar-refractivity contribution in [2.45, 2.75) is 89.5 Å². The lowest BCUT2D eigenvalue weighted by Crippen LogP contribution is -2.44. The van der Waals surface area contributed by atoms with Gasteiger partial charge in [-0.05, 0) is 32.5 Å². The lowest BCUT2D eigenvalue weighted by atomic mass is 9.84. The average Bonchev–Trinajstić information content (AvgIpc) is 2.63. The molecule has 0 fully saturated rings. The molecule has 0 saturated heterocycles. The fourth-order valence-corrected chi connectivity index (χ4v) is 3.69. The quantitative estimate of drug-likeness (QED) is 0.244. The van der Waals surface area contributed by atoms with Gasteiger partial charge in [-0.1, -0.05) is 108 Å². The predicted octanol–water partition coefficient (Wildman–Crippen LogP) is 7.03. The number of benzene rings is 1. The van der Waals surface area contributed by atoms with E-state index in [1.165, 1.54) is 76.2 Å². The van der Waals surface area contributed by atoms with Crippen molar-refractivity contribution in [3.63, 3.8) is 0 Å². The molecule has 1 heteroatoms. The fourth-order valence-electron chi connectivity index (χ4n) is 3.69. The minimum absolute atomic E-state index is 0.0848. The zero-order chi connectivity index (χ0) is 18.4. The van der Waals surface area contributed by atoms with Gasteiger partial charge in [0.1, 0.15) is 0 Å². The smallest absolute Gasteiger partial charge is 0.0422 e. The Bertz CT molecular complexity index is 437. The van der Waals surface area contributed by atoms with Crippen LogP contribution in [0.5, 0.6) is 0 Å². The molecule has 0 spiro atoms. The molecule has 142 valence electrons. The zero-order valence-corrected chi connectivity index (χ0v) is 17.1. The summed E-state index contributed by atoms with van der Waals surface area (Å²) < 4.78 is 0. The van der Waals surface area contributed by atoms with E-state index < -0.39 is 0 Å². The Morgan fingerprint density at radius 1 is 0.840 bits per heavy atom. The van der Waals surface area contributed by atoms with Crippen LogP contribution < -0.4 is 0 Å². The Hall–Kier alpha value is -1.08. The summed E-state index contributed by atoms with van der Waals surface area (Å²) in [6, 6.07) is 10.8. The van der Waals surface area contributed by atoms with Gasteiger partial charge in [0, 0.05) is 5.54 Å². The van der Waals surface area contributed by atoms with Gasteiger partial charge in [0.05, 0.1) is 0 Å². The average molecular weight is 344 g/mol. The molecule has 1 atom stereocenters. The zero-order valence-electron chi connectivity index (χ0n) is 17.1. The van der Waals surface area contributed by atoms with Crippen LogP contribution in [0.3, 0.4) is 0 Å². The van der Waals surface area contributed by atoms with Gasteiger partial charge >= 0.3 is 0 Å². The fraction of sp³-hybridized carbons (Fsp3) is 0.667. The molecule has 0 aliphatic carbocycles. The van der Waals surface area contributed by atoms with E-state index in [2.05, 4.69) is 68.9 Å². The van der Waals surface area contributed by atoms with E-state index in [1.807, 2.05) is 0 Å². The summed E-state index contributed by atoms with van der Waals surface area (Å²) >= 11 is 0. The first-order chi connectivity index (χ1) is 12.1. The first-order valence-corrected chi connectivity index (χ1v) is 10.5. The van der Waals surface area contributed by atoms with Crippen LogP contribution in [0.1, 0.15) is 83.1 Å². The molecule has 25 heavy (non-hydrogen) atoms. The lowest BCUT2D eigenvalue weighted by molar-refractivity contribution is 0.187. The van der Waals surface area contributed by atoms with Gasteiger partial charge in [-0.15, -0.1) is 6.58 Å². The topological polar surface area (TPSA) is 3.24 Å². The molecule has 0 heterocycles. The second-order valence-corrected chi connectivity index (χ2v) is 7.80. The van der Waals surface area contributed by atoms with Gasteiger partial charge in [-0.2, -0.15) is 0 Å². The highest BCUT2D eigenvalue weighted by molar-refractivity contribution is 5.21. The van der Waals surface area contributed by atoms with Gasteiger partial charge in [-0.25, -0.2) is 0 Å². The summed E-state index contributed by atoms with van der Waals surface area (Å²) in [5.41, 5.74) is 1.49. The van der Waals surface area contributed by atoms with Gasteiger partial charge < -0.3 is 0 Å². The third-order valence-electron chi connectivity index (χ3n) is 5.59. The SMILES string of the molecule is C=CC(CCCCCCCCCCCC)(Cc1ccccc1)N(C)C. The number of unbranched alkanes of at least 4 members (excludes halogenated alkanes) is 9. The number of likely N-dealkylation sites (N-methyl/N-ethyl adjacent to an activating group) is 1. The minimum atomic E-state index is 0.0848. The van der Waals surface area contributed by atoms with E-state index in [0.29, 0.717) is 0 Å². The molecule has 0 saturated carbocycles. The maximum atomic E-state index is 4.17. The van der Waals surface area contributed by atoms with Crippen molar-refractivity contribution in [1.29, 1.82) is 0 Å². The standard InChI is InChI=1S/C24H41N/c1-5-7-8-9-10-11-12-13-14-18-21-24(6-2,25(3)4)22-23-19-16-15-17-20-23/h6,15-17,19-20H,2,5,7-14,18,21-22H2,1,3-4H3. The van der Waals surface area contributed by atoms with Crippen molar-refractivity contribution in [1.82, 2.24) is 4.90 Å². The van der Waals surface area contributed by atoms with E-state index in [1.54, 1.807) is 0 Å². The summed E-state index contributed by atoms with van der Waals surface area (Å²) in [4.78, 5) is 2.36. The third-order valence-corrected chi connectivity index (χ3v) is 5.59. The van der Waals surface area contributed by atoms with Crippen molar-refractivity contribution in [3.05, 3.63) is 48.6 Å². The Labute approximate surface area is 157 Å². The number of hydrogen-bond donors (Lipinski definition) is 0. The van der Waals surface area contributed by atoms with Crippen LogP contribution in [0.15, 0.2) is 43.0 Å². The molecular formula is C24H41N. The third kappa shape index (κ3) is 8.72. The Morgan fingerprint density at radius 3 is 1.84 bits per heavy atom. The van der Waals surface area contributed by atoms with Crippen LogP contribution >= 0.6 is 0 Å². The molecule has 0 N–H and O–H groups in total. The van der Waals surface area contributed by atoms with Crippen LogP contribution in [0.2, 0.25) is 0 Å². The Morgan fingerprint density at radius 2 is 1.36 bits per heavy atom. The Kier molecular flexibility index (Phi) is 11.6. The van der Waals surface area contributed by atoms with Crippen molar-refractivity contribution in [2.24, 2.45) is 0 Å². The molecule has 1 aromatic rings. The highest BCUT2D eigenvalue weighted by atomic mass is 15.1. The molecule has 0 radical (unpaired) electrons. The highest BCUT2D eigenvalue weighted by Crippen LogP contribution is 2.27. The van der Waals surface area contributed by atoms with Crippen LogP contribution in [0.25, 0.3) is 0 Å². The molecule has 0 aromatic heterocycles. The molecular weight excluding hydrogens is 302 g/mol. The first-order valence-electron chi connectivity index (χ1n) is 10.5. The van der Waals surface area contributed by atoms with Gasteiger partial charge in [0.15, 0.2) is 0 Å². The Balaban J connectivity index is 2.29. The molecule has 1 rings (SSSR count). The summed E-state index contributed by atoms with van der Waals surface area (Å²) in [5, 5.41) is 0. The summed E-state index contributed by atoms with van der Waals surface area (Å²) in [5.74, 6) is 0.